The second-order valence-electron chi connectivity index (χ2n) is 7.27. The first-order chi connectivity index (χ1) is 12.2. The number of amides is 1. The molecule has 0 spiro atoms. The van der Waals surface area contributed by atoms with Crippen LogP contribution in [0, 0.1) is 0 Å². The lowest BCUT2D eigenvalue weighted by Crippen LogP contribution is -2.52. The van der Waals surface area contributed by atoms with Gasteiger partial charge in [0.1, 0.15) is 0 Å². The van der Waals surface area contributed by atoms with Crippen molar-refractivity contribution < 1.29 is 14.3 Å². The Bertz CT molecular complexity index is 537. The standard InChI is InChI=1S/C20H30N2O3/c1-16(17-8-3-2-4-9-17)22-20(10-5-6-11-20)15-21-18(23)14-19-24-12-7-13-25-19/h2-4,8-9,16,19,22H,5-7,10-15H2,1H3,(H,21,23)/t16-/m0/s1. The normalized spacial score (nSPS) is 21.8. The van der Waals surface area contributed by atoms with Crippen LogP contribution < -0.4 is 10.6 Å². The molecule has 5 heteroatoms. The van der Waals surface area contributed by atoms with Crippen LogP contribution in [-0.4, -0.2) is 37.5 Å². The maximum absolute atomic E-state index is 12.3. The third-order valence-electron chi connectivity index (χ3n) is 5.26. The SMILES string of the molecule is C[C@H](NC1(CNC(=O)CC2OCCCO2)CCCC1)c1ccccc1. The average molecular weight is 346 g/mol. The van der Waals surface area contributed by atoms with E-state index >= 15 is 0 Å². The van der Waals surface area contributed by atoms with Crippen LogP contribution in [0.5, 0.6) is 0 Å². The van der Waals surface area contributed by atoms with Crippen molar-refractivity contribution >= 4 is 5.91 Å². The first-order valence-corrected chi connectivity index (χ1v) is 9.49. The molecule has 1 aliphatic heterocycles. The molecule has 1 atom stereocenters. The Morgan fingerprint density at radius 3 is 2.52 bits per heavy atom. The molecule has 0 bridgehead atoms. The number of ether oxygens (including phenoxy) is 2. The summed E-state index contributed by atoms with van der Waals surface area (Å²) in [6.45, 7) is 4.21. The summed E-state index contributed by atoms with van der Waals surface area (Å²) in [5.41, 5.74) is 1.27. The smallest absolute Gasteiger partial charge is 0.225 e. The molecule has 1 saturated heterocycles. The lowest BCUT2D eigenvalue weighted by Gasteiger charge is -2.34. The summed E-state index contributed by atoms with van der Waals surface area (Å²) in [6.07, 6.45) is 5.41. The summed E-state index contributed by atoms with van der Waals surface area (Å²) in [4.78, 5) is 12.3. The van der Waals surface area contributed by atoms with E-state index in [0.29, 0.717) is 19.8 Å². The monoisotopic (exact) mass is 346 g/mol. The summed E-state index contributed by atoms with van der Waals surface area (Å²) in [5.74, 6) is 0.00680. The van der Waals surface area contributed by atoms with Gasteiger partial charge in [-0.3, -0.25) is 4.79 Å². The van der Waals surface area contributed by atoms with E-state index < -0.39 is 0 Å². The fourth-order valence-electron chi connectivity index (χ4n) is 3.85. The molecule has 1 heterocycles. The van der Waals surface area contributed by atoms with E-state index in [1.165, 1.54) is 18.4 Å². The number of hydrogen-bond donors (Lipinski definition) is 2. The zero-order valence-electron chi connectivity index (χ0n) is 15.1. The van der Waals surface area contributed by atoms with Crippen LogP contribution in [0.1, 0.15) is 57.1 Å². The van der Waals surface area contributed by atoms with Gasteiger partial charge in [-0.05, 0) is 31.7 Å². The molecular formula is C20H30N2O3. The summed E-state index contributed by atoms with van der Waals surface area (Å²) >= 11 is 0. The van der Waals surface area contributed by atoms with Gasteiger partial charge in [0.25, 0.3) is 0 Å². The second kappa shape index (κ2) is 8.79. The molecule has 2 aliphatic rings. The third kappa shape index (κ3) is 5.27. The predicted octanol–water partition coefficient (Wildman–Crippen LogP) is 2.92. The van der Waals surface area contributed by atoms with E-state index in [1.54, 1.807) is 0 Å². The van der Waals surface area contributed by atoms with Crippen molar-refractivity contribution in [3.05, 3.63) is 35.9 Å². The topological polar surface area (TPSA) is 59.6 Å². The zero-order valence-corrected chi connectivity index (χ0v) is 15.1. The predicted molar refractivity (Wildman–Crippen MR) is 97.1 cm³/mol. The van der Waals surface area contributed by atoms with E-state index in [-0.39, 0.29) is 30.2 Å². The molecule has 2 fully saturated rings. The van der Waals surface area contributed by atoms with Gasteiger partial charge in [0, 0.05) is 18.1 Å². The minimum atomic E-state index is -0.385. The van der Waals surface area contributed by atoms with Crippen LogP contribution in [-0.2, 0) is 14.3 Å². The van der Waals surface area contributed by atoms with Crippen molar-refractivity contribution in [2.75, 3.05) is 19.8 Å². The first kappa shape index (κ1) is 18.4. The maximum atomic E-state index is 12.3. The van der Waals surface area contributed by atoms with E-state index in [1.807, 2.05) is 6.07 Å². The molecule has 1 aromatic carbocycles. The van der Waals surface area contributed by atoms with Gasteiger partial charge in [-0.25, -0.2) is 0 Å². The Morgan fingerprint density at radius 2 is 1.84 bits per heavy atom. The van der Waals surface area contributed by atoms with Gasteiger partial charge in [-0.1, -0.05) is 43.2 Å². The van der Waals surface area contributed by atoms with Crippen molar-refractivity contribution in [3.63, 3.8) is 0 Å². The van der Waals surface area contributed by atoms with Crippen LogP contribution in [0.3, 0.4) is 0 Å². The van der Waals surface area contributed by atoms with Crippen LogP contribution in [0.4, 0.5) is 0 Å². The van der Waals surface area contributed by atoms with E-state index in [2.05, 4.69) is 41.8 Å². The van der Waals surface area contributed by atoms with E-state index in [4.69, 9.17) is 9.47 Å². The van der Waals surface area contributed by atoms with Gasteiger partial charge in [-0.2, -0.15) is 0 Å². The molecule has 0 radical (unpaired) electrons. The van der Waals surface area contributed by atoms with Crippen LogP contribution in [0.2, 0.25) is 0 Å². The highest BCUT2D eigenvalue weighted by Crippen LogP contribution is 2.31. The Balaban J connectivity index is 1.52. The first-order valence-electron chi connectivity index (χ1n) is 9.49. The van der Waals surface area contributed by atoms with Gasteiger partial charge in [0.15, 0.2) is 6.29 Å². The van der Waals surface area contributed by atoms with Crippen molar-refractivity contribution in [1.29, 1.82) is 0 Å². The summed E-state index contributed by atoms with van der Waals surface area (Å²) in [7, 11) is 0. The lowest BCUT2D eigenvalue weighted by atomic mass is 9.94. The average Bonchev–Trinajstić information content (AvgIpc) is 3.10. The van der Waals surface area contributed by atoms with Crippen molar-refractivity contribution in [3.8, 4) is 0 Å². The van der Waals surface area contributed by atoms with Crippen molar-refractivity contribution in [1.82, 2.24) is 10.6 Å². The van der Waals surface area contributed by atoms with Crippen LogP contribution in [0.15, 0.2) is 30.3 Å². The fraction of sp³-hybridized carbons (Fsp3) is 0.650. The number of benzene rings is 1. The molecule has 2 N–H and O–H groups in total. The molecule has 1 saturated carbocycles. The summed E-state index contributed by atoms with van der Waals surface area (Å²) in [6, 6.07) is 10.7. The molecule has 138 valence electrons. The summed E-state index contributed by atoms with van der Waals surface area (Å²) < 4.78 is 10.9. The lowest BCUT2D eigenvalue weighted by molar-refractivity contribution is -0.183. The van der Waals surface area contributed by atoms with E-state index in [0.717, 1.165) is 19.3 Å². The van der Waals surface area contributed by atoms with Crippen molar-refractivity contribution in [2.24, 2.45) is 0 Å². The molecule has 1 aliphatic carbocycles. The highest BCUT2D eigenvalue weighted by molar-refractivity contribution is 5.76. The largest absolute Gasteiger partial charge is 0.354 e. The quantitative estimate of drug-likeness (QED) is 0.797. The third-order valence-corrected chi connectivity index (χ3v) is 5.26. The van der Waals surface area contributed by atoms with Crippen LogP contribution >= 0.6 is 0 Å². The molecule has 1 aromatic rings. The number of carbonyl (C=O) groups excluding carboxylic acids is 1. The number of rotatable bonds is 7. The second-order valence-corrected chi connectivity index (χ2v) is 7.27. The number of carbonyl (C=O) groups is 1. The molecule has 0 aromatic heterocycles. The Hall–Kier alpha value is -1.43. The maximum Gasteiger partial charge on any atom is 0.225 e. The Morgan fingerprint density at radius 1 is 1.16 bits per heavy atom. The van der Waals surface area contributed by atoms with Gasteiger partial charge in [0.2, 0.25) is 5.91 Å². The van der Waals surface area contributed by atoms with Crippen LogP contribution in [0.25, 0.3) is 0 Å². The van der Waals surface area contributed by atoms with Gasteiger partial charge < -0.3 is 20.1 Å². The molecule has 5 nitrogen and oxygen atoms in total. The van der Waals surface area contributed by atoms with E-state index in [9.17, 15) is 4.79 Å². The zero-order chi connectivity index (χ0) is 17.5. The highest BCUT2D eigenvalue weighted by atomic mass is 16.7. The Kier molecular flexibility index (Phi) is 6.45. The van der Waals surface area contributed by atoms with Gasteiger partial charge in [-0.15, -0.1) is 0 Å². The van der Waals surface area contributed by atoms with Gasteiger partial charge in [0.05, 0.1) is 19.6 Å². The number of nitrogens with one attached hydrogen (secondary N) is 2. The minimum absolute atomic E-state index is 0.00680. The fourth-order valence-corrected chi connectivity index (χ4v) is 3.85. The molecule has 0 unspecified atom stereocenters. The number of hydrogen-bond acceptors (Lipinski definition) is 4. The Labute approximate surface area is 150 Å². The summed E-state index contributed by atoms with van der Waals surface area (Å²) in [5, 5.41) is 6.90. The molecular weight excluding hydrogens is 316 g/mol. The van der Waals surface area contributed by atoms with Gasteiger partial charge >= 0.3 is 0 Å². The molecule has 1 amide bonds. The molecule has 25 heavy (non-hydrogen) atoms. The van der Waals surface area contributed by atoms with Crippen molar-refractivity contribution in [2.45, 2.75) is 63.3 Å². The minimum Gasteiger partial charge on any atom is -0.354 e. The molecule has 3 rings (SSSR count). The highest BCUT2D eigenvalue weighted by Gasteiger charge is 2.35.